The number of methoxy groups -OCH3 is 1. The molecule has 0 aromatic carbocycles. The number of hydrogen-bond acceptors (Lipinski definition) is 6. The van der Waals surface area contributed by atoms with Gasteiger partial charge in [-0.25, -0.2) is 18.7 Å². The maximum atomic E-state index is 12.9. The van der Waals surface area contributed by atoms with Crippen LogP contribution in [0, 0.1) is 5.92 Å². The lowest BCUT2D eigenvalue weighted by Crippen LogP contribution is -2.43. The normalized spacial score (nSPS) is 14.3. The molecule has 2 N–H and O–H groups in total. The quantitative estimate of drug-likeness (QED) is 0.508. The molecular formula is C23H23ClF2N6O3. The van der Waals surface area contributed by atoms with Gasteiger partial charge in [-0.15, -0.1) is 0 Å². The Labute approximate surface area is 204 Å². The maximum Gasteiger partial charge on any atom is 0.280 e. The van der Waals surface area contributed by atoms with E-state index in [2.05, 4.69) is 25.5 Å². The van der Waals surface area contributed by atoms with Crippen molar-refractivity contribution in [1.82, 2.24) is 30.4 Å². The van der Waals surface area contributed by atoms with Gasteiger partial charge in [-0.2, -0.15) is 5.10 Å². The lowest BCUT2D eigenvalue weighted by Gasteiger charge is -2.30. The van der Waals surface area contributed by atoms with Crippen molar-refractivity contribution in [3.05, 3.63) is 58.6 Å². The summed E-state index contributed by atoms with van der Waals surface area (Å²) in [7, 11) is 1.49. The molecular weight excluding hydrogens is 482 g/mol. The third-order valence-electron chi connectivity index (χ3n) is 5.78. The number of likely N-dealkylation sites (tertiary alicyclic amines) is 1. The number of hydrogen-bond donors (Lipinski definition) is 2. The Morgan fingerprint density at radius 2 is 2.06 bits per heavy atom. The molecule has 4 rings (SSSR count). The van der Waals surface area contributed by atoms with E-state index in [1.165, 1.54) is 25.4 Å². The minimum absolute atomic E-state index is 0.0664. The number of rotatable bonds is 7. The summed E-state index contributed by atoms with van der Waals surface area (Å²) in [6.07, 6.45) is -0.249. The maximum absolute atomic E-state index is 12.9. The number of alkyl halides is 2. The van der Waals surface area contributed by atoms with Gasteiger partial charge in [0.2, 0.25) is 11.8 Å². The Morgan fingerprint density at radius 3 is 2.77 bits per heavy atom. The van der Waals surface area contributed by atoms with Crippen LogP contribution in [0.2, 0.25) is 5.02 Å². The third kappa shape index (κ3) is 5.73. The largest absolute Gasteiger partial charge is 0.481 e. The molecule has 0 radical (unpaired) electrons. The number of aromatic amines is 1. The highest BCUT2D eigenvalue weighted by Gasteiger charge is 2.29. The fourth-order valence-corrected chi connectivity index (χ4v) is 4.06. The number of nitrogens with one attached hydrogen (secondary N) is 2. The first-order valence-corrected chi connectivity index (χ1v) is 11.3. The number of ether oxygens (including phenoxy) is 1. The van der Waals surface area contributed by atoms with E-state index < -0.39 is 6.43 Å². The highest BCUT2D eigenvalue weighted by molar-refractivity contribution is 6.33. The smallest absolute Gasteiger partial charge is 0.280 e. The standard InChI is InChI=1S/C23H23ClF2N6O3/c1-35-20-9-15(16(24)12-27-20)18-10-19(31-30-18)23(34)32-7-5-13(6-8-32)22(33)28-11-14-3-2-4-17(29-14)21(25)26/h2-4,9-10,12-13,21H,5-8,11H2,1H3,(H,28,33)(H,30,31). The SMILES string of the molecule is COc1cc(-c2cc(C(=O)N3CCC(C(=O)NCc4cccc(C(F)F)n4)CC3)n[nH]2)c(Cl)cn1. The highest BCUT2D eigenvalue weighted by atomic mass is 35.5. The number of nitrogens with zero attached hydrogens (tertiary/aromatic N) is 4. The average Bonchev–Trinajstić information content (AvgIpc) is 3.37. The zero-order valence-corrected chi connectivity index (χ0v) is 19.6. The molecule has 9 nitrogen and oxygen atoms in total. The van der Waals surface area contributed by atoms with Gasteiger partial charge in [0.1, 0.15) is 5.69 Å². The zero-order chi connectivity index (χ0) is 24.9. The molecule has 1 fully saturated rings. The molecule has 3 aromatic heterocycles. The van der Waals surface area contributed by atoms with Crippen LogP contribution in [0.3, 0.4) is 0 Å². The van der Waals surface area contributed by atoms with E-state index in [-0.39, 0.29) is 35.7 Å². The first-order valence-electron chi connectivity index (χ1n) is 10.9. The van der Waals surface area contributed by atoms with Gasteiger partial charge in [-0.3, -0.25) is 14.7 Å². The lowest BCUT2D eigenvalue weighted by atomic mass is 9.95. The summed E-state index contributed by atoms with van der Waals surface area (Å²) in [5, 5.41) is 10.1. The molecule has 0 atom stereocenters. The van der Waals surface area contributed by atoms with E-state index in [9.17, 15) is 18.4 Å². The van der Waals surface area contributed by atoms with Crippen LogP contribution in [0.1, 0.15) is 41.1 Å². The van der Waals surface area contributed by atoms with Crippen molar-refractivity contribution in [1.29, 1.82) is 0 Å². The van der Waals surface area contributed by atoms with E-state index in [1.54, 1.807) is 23.1 Å². The van der Waals surface area contributed by atoms with Gasteiger partial charge in [-0.05, 0) is 31.0 Å². The van der Waals surface area contributed by atoms with Crippen molar-refractivity contribution in [2.24, 2.45) is 5.92 Å². The predicted molar refractivity (Wildman–Crippen MR) is 123 cm³/mol. The Hall–Kier alpha value is -3.60. The third-order valence-corrected chi connectivity index (χ3v) is 6.08. The fraction of sp³-hybridized carbons (Fsp3) is 0.348. The van der Waals surface area contributed by atoms with E-state index in [4.69, 9.17) is 16.3 Å². The minimum atomic E-state index is -2.66. The summed E-state index contributed by atoms with van der Waals surface area (Å²) >= 11 is 6.22. The summed E-state index contributed by atoms with van der Waals surface area (Å²) in [6.45, 7) is 0.848. The van der Waals surface area contributed by atoms with Crippen LogP contribution in [0.15, 0.2) is 36.5 Å². The molecule has 3 aromatic rings. The second kappa shape index (κ2) is 10.8. The van der Waals surface area contributed by atoms with Crippen LogP contribution in [-0.4, -0.2) is 57.1 Å². The Bertz CT molecular complexity index is 1210. The van der Waals surface area contributed by atoms with Crippen LogP contribution < -0.4 is 10.1 Å². The summed E-state index contributed by atoms with van der Waals surface area (Å²) < 4.78 is 30.7. The molecule has 1 aliphatic rings. The molecule has 4 heterocycles. The molecule has 0 unspecified atom stereocenters. The summed E-state index contributed by atoms with van der Waals surface area (Å²) in [5.41, 5.74) is 1.44. The second-order valence-electron chi connectivity index (χ2n) is 8.01. The number of H-pyrrole nitrogens is 1. The Morgan fingerprint density at radius 1 is 1.29 bits per heavy atom. The number of carbonyl (C=O) groups excluding carboxylic acids is 2. The van der Waals surface area contributed by atoms with Gasteiger partial charge in [0.15, 0.2) is 5.69 Å². The molecule has 0 aliphatic carbocycles. The van der Waals surface area contributed by atoms with Crippen LogP contribution in [0.4, 0.5) is 8.78 Å². The van der Waals surface area contributed by atoms with Gasteiger partial charge in [0.25, 0.3) is 12.3 Å². The molecule has 0 spiro atoms. The van der Waals surface area contributed by atoms with Crippen molar-refractivity contribution in [3.63, 3.8) is 0 Å². The van der Waals surface area contributed by atoms with Gasteiger partial charge in [-0.1, -0.05) is 17.7 Å². The first kappa shape index (κ1) is 24.5. The van der Waals surface area contributed by atoms with Crippen LogP contribution in [0.5, 0.6) is 5.88 Å². The zero-order valence-electron chi connectivity index (χ0n) is 18.8. The first-order chi connectivity index (χ1) is 16.9. The highest BCUT2D eigenvalue weighted by Crippen LogP contribution is 2.29. The molecule has 184 valence electrons. The van der Waals surface area contributed by atoms with E-state index in [0.717, 1.165) is 0 Å². The number of pyridine rings is 2. The van der Waals surface area contributed by atoms with Crippen molar-refractivity contribution in [3.8, 4) is 17.1 Å². The Kier molecular flexibility index (Phi) is 7.54. The summed E-state index contributed by atoms with van der Waals surface area (Å²) in [6, 6.07) is 7.57. The minimum Gasteiger partial charge on any atom is -0.481 e. The van der Waals surface area contributed by atoms with E-state index in [0.29, 0.717) is 53.8 Å². The molecule has 35 heavy (non-hydrogen) atoms. The van der Waals surface area contributed by atoms with E-state index >= 15 is 0 Å². The second-order valence-corrected chi connectivity index (χ2v) is 8.42. The van der Waals surface area contributed by atoms with Crippen molar-refractivity contribution in [2.75, 3.05) is 20.2 Å². The van der Waals surface area contributed by atoms with Gasteiger partial charge in [0.05, 0.1) is 36.3 Å². The van der Waals surface area contributed by atoms with E-state index in [1.807, 2.05) is 0 Å². The predicted octanol–water partition coefficient (Wildman–Crippen LogP) is 3.63. The van der Waals surface area contributed by atoms with Crippen molar-refractivity contribution >= 4 is 23.4 Å². The Balaban J connectivity index is 1.31. The van der Waals surface area contributed by atoms with Crippen LogP contribution in [0.25, 0.3) is 11.3 Å². The monoisotopic (exact) mass is 504 g/mol. The number of piperidine rings is 1. The van der Waals surface area contributed by atoms with Gasteiger partial charge in [0, 0.05) is 30.6 Å². The number of amides is 2. The summed E-state index contributed by atoms with van der Waals surface area (Å²) in [4.78, 5) is 35.0. The molecule has 0 bridgehead atoms. The van der Waals surface area contributed by atoms with Crippen molar-refractivity contribution in [2.45, 2.75) is 25.8 Å². The molecule has 1 aliphatic heterocycles. The summed E-state index contributed by atoms with van der Waals surface area (Å²) in [5.74, 6) is -0.346. The average molecular weight is 505 g/mol. The lowest BCUT2D eigenvalue weighted by molar-refractivity contribution is -0.126. The fourth-order valence-electron chi connectivity index (χ4n) is 3.85. The number of aromatic nitrogens is 4. The van der Waals surface area contributed by atoms with Crippen LogP contribution >= 0.6 is 11.6 Å². The van der Waals surface area contributed by atoms with Crippen molar-refractivity contribution < 1.29 is 23.1 Å². The van der Waals surface area contributed by atoms with Gasteiger partial charge < -0.3 is 15.0 Å². The number of carbonyl (C=O) groups is 2. The number of halogens is 3. The van der Waals surface area contributed by atoms with Gasteiger partial charge >= 0.3 is 0 Å². The molecule has 12 heteroatoms. The topological polar surface area (TPSA) is 113 Å². The van der Waals surface area contributed by atoms with Crippen LogP contribution in [-0.2, 0) is 11.3 Å². The molecule has 0 saturated carbocycles. The molecule has 1 saturated heterocycles. The molecule has 2 amide bonds.